The van der Waals surface area contributed by atoms with Crippen molar-refractivity contribution in [1.82, 2.24) is 0 Å². The molecule has 0 fully saturated rings. The van der Waals surface area contributed by atoms with E-state index in [0.717, 1.165) is 56.4 Å². The topological polar surface area (TPSA) is 49.7 Å². The van der Waals surface area contributed by atoms with Crippen LogP contribution >= 0.6 is 0 Å². The molecule has 3 heteroatoms. The third-order valence-electron chi connectivity index (χ3n) is 3.48. The zero-order valence-corrected chi connectivity index (χ0v) is 10.8. The number of benzene rings is 1. The first-order valence-corrected chi connectivity index (χ1v) is 6.86. The molecule has 0 aliphatic heterocycles. The van der Waals surface area contributed by atoms with Crippen LogP contribution in [0, 0.1) is 0 Å². The first-order valence-electron chi connectivity index (χ1n) is 6.86. The Morgan fingerprint density at radius 1 is 1.17 bits per heavy atom. The molecule has 0 saturated carbocycles. The van der Waals surface area contributed by atoms with Gasteiger partial charge in [-0.2, -0.15) is 0 Å². The number of aryl methyl sites for hydroxylation is 1. The number of unbranched alkanes of at least 4 members (excludes halogenated alkanes) is 3. The van der Waals surface area contributed by atoms with Gasteiger partial charge in [0.25, 0.3) is 0 Å². The molecule has 0 amide bonds. The highest BCUT2D eigenvalue weighted by Crippen LogP contribution is 2.33. The van der Waals surface area contributed by atoms with Crippen molar-refractivity contribution in [2.45, 2.75) is 44.6 Å². The fraction of sp³-hybridized carbons (Fsp3) is 0.600. The maximum atomic E-state index is 9.71. The van der Waals surface area contributed by atoms with Crippen molar-refractivity contribution in [3.63, 3.8) is 0 Å². The Balaban J connectivity index is 1.74. The summed E-state index contributed by atoms with van der Waals surface area (Å²) in [5, 5.41) is 18.4. The summed E-state index contributed by atoms with van der Waals surface area (Å²) in [6.07, 6.45) is 5.58. The van der Waals surface area contributed by atoms with Gasteiger partial charge >= 0.3 is 0 Å². The average Bonchev–Trinajstić information content (AvgIpc) is 2.75. The molecule has 1 atom stereocenters. The van der Waals surface area contributed by atoms with Gasteiger partial charge in [-0.05, 0) is 55.4 Å². The molecular weight excluding hydrogens is 228 g/mol. The van der Waals surface area contributed by atoms with Crippen LogP contribution in [0.5, 0.6) is 5.75 Å². The maximum Gasteiger partial charge on any atom is 0.119 e. The van der Waals surface area contributed by atoms with E-state index in [1.54, 1.807) is 0 Å². The predicted octanol–water partition coefficient (Wildman–Crippen LogP) is 2.60. The molecule has 18 heavy (non-hydrogen) atoms. The highest BCUT2D eigenvalue weighted by molar-refractivity contribution is 5.39. The van der Waals surface area contributed by atoms with Gasteiger partial charge in [-0.15, -0.1) is 0 Å². The summed E-state index contributed by atoms with van der Waals surface area (Å²) in [6.45, 7) is 1.01. The minimum absolute atomic E-state index is 0.285. The van der Waals surface area contributed by atoms with E-state index < -0.39 is 0 Å². The predicted molar refractivity (Wildman–Crippen MR) is 70.8 cm³/mol. The van der Waals surface area contributed by atoms with Gasteiger partial charge in [0, 0.05) is 6.61 Å². The Hall–Kier alpha value is -1.06. The van der Waals surface area contributed by atoms with Crippen molar-refractivity contribution < 1.29 is 14.9 Å². The molecule has 3 nitrogen and oxygen atoms in total. The van der Waals surface area contributed by atoms with Crippen LogP contribution in [0.4, 0.5) is 0 Å². The van der Waals surface area contributed by atoms with Crippen molar-refractivity contribution in [3.05, 3.63) is 29.3 Å². The zero-order valence-electron chi connectivity index (χ0n) is 10.8. The molecule has 1 aromatic rings. The number of hydrogen-bond donors (Lipinski definition) is 2. The van der Waals surface area contributed by atoms with Crippen LogP contribution in [-0.2, 0) is 6.42 Å². The lowest BCUT2D eigenvalue weighted by Gasteiger charge is -2.09. The lowest BCUT2D eigenvalue weighted by Crippen LogP contribution is -1.98. The fourth-order valence-corrected chi connectivity index (χ4v) is 2.42. The van der Waals surface area contributed by atoms with Crippen molar-refractivity contribution in [2.75, 3.05) is 13.2 Å². The van der Waals surface area contributed by atoms with Crippen LogP contribution in [0.1, 0.15) is 49.3 Å². The van der Waals surface area contributed by atoms with Gasteiger partial charge in [0.05, 0.1) is 12.7 Å². The first kappa shape index (κ1) is 13.4. The number of rotatable bonds is 7. The molecular formula is C15H22O3. The van der Waals surface area contributed by atoms with Crippen molar-refractivity contribution in [1.29, 1.82) is 0 Å². The van der Waals surface area contributed by atoms with Crippen molar-refractivity contribution in [3.8, 4) is 5.75 Å². The zero-order chi connectivity index (χ0) is 12.8. The van der Waals surface area contributed by atoms with Crippen LogP contribution in [0.25, 0.3) is 0 Å². The Morgan fingerprint density at radius 2 is 2.00 bits per heavy atom. The van der Waals surface area contributed by atoms with E-state index in [4.69, 9.17) is 9.84 Å². The second-order valence-corrected chi connectivity index (χ2v) is 4.90. The van der Waals surface area contributed by atoms with Crippen molar-refractivity contribution in [2.24, 2.45) is 0 Å². The summed E-state index contributed by atoms with van der Waals surface area (Å²) in [4.78, 5) is 0. The summed E-state index contributed by atoms with van der Waals surface area (Å²) in [6, 6.07) is 5.98. The lowest BCUT2D eigenvalue weighted by molar-refractivity contribution is 0.180. The summed E-state index contributed by atoms with van der Waals surface area (Å²) in [7, 11) is 0. The van der Waals surface area contributed by atoms with Gasteiger partial charge < -0.3 is 14.9 Å². The molecule has 1 aromatic carbocycles. The molecule has 0 bridgehead atoms. The third-order valence-corrected chi connectivity index (χ3v) is 3.48. The minimum atomic E-state index is -0.285. The smallest absolute Gasteiger partial charge is 0.119 e. The number of ether oxygens (including phenoxy) is 1. The van der Waals surface area contributed by atoms with Crippen LogP contribution in [0.2, 0.25) is 0 Å². The molecule has 1 aliphatic rings. The van der Waals surface area contributed by atoms with E-state index in [-0.39, 0.29) is 12.7 Å². The highest BCUT2D eigenvalue weighted by atomic mass is 16.5. The Labute approximate surface area is 108 Å². The SMILES string of the molecule is OCCCCCCOc1ccc2c(c1)CCC2O. The van der Waals surface area contributed by atoms with Crippen LogP contribution in [-0.4, -0.2) is 23.4 Å². The second kappa shape index (κ2) is 6.76. The van der Waals surface area contributed by atoms with E-state index in [1.807, 2.05) is 12.1 Å². The number of aliphatic hydroxyl groups is 2. The molecule has 1 unspecified atom stereocenters. The molecule has 100 valence electrons. The van der Waals surface area contributed by atoms with E-state index in [0.29, 0.717) is 0 Å². The monoisotopic (exact) mass is 250 g/mol. The largest absolute Gasteiger partial charge is 0.494 e. The molecule has 1 aliphatic carbocycles. The van der Waals surface area contributed by atoms with Crippen molar-refractivity contribution >= 4 is 0 Å². The fourth-order valence-electron chi connectivity index (χ4n) is 2.42. The molecule has 0 saturated heterocycles. The number of fused-ring (bicyclic) bond motifs is 1. The summed E-state index contributed by atoms with van der Waals surface area (Å²) in [5.41, 5.74) is 2.28. The lowest BCUT2D eigenvalue weighted by atomic mass is 10.1. The van der Waals surface area contributed by atoms with Crippen LogP contribution in [0.15, 0.2) is 18.2 Å². The minimum Gasteiger partial charge on any atom is -0.494 e. The van der Waals surface area contributed by atoms with Gasteiger partial charge in [0.2, 0.25) is 0 Å². The molecule has 0 aromatic heterocycles. The third kappa shape index (κ3) is 3.47. The summed E-state index contributed by atoms with van der Waals surface area (Å²) >= 11 is 0. The van der Waals surface area contributed by atoms with Crippen LogP contribution < -0.4 is 4.74 Å². The Bertz CT molecular complexity index is 376. The highest BCUT2D eigenvalue weighted by Gasteiger charge is 2.20. The van der Waals surface area contributed by atoms with E-state index in [2.05, 4.69) is 6.07 Å². The van der Waals surface area contributed by atoms with Gasteiger partial charge in [0.15, 0.2) is 0 Å². The van der Waals surface area contributed by atoms with Gasteiger partial charge in [-0.3, -0.25) is 0 Å². The molecule has 0 heterocycles. The first-order chi connectivity index (χ1) is 8.81. The second-order valence-electron chi connectivity index (χ2n) is 4.90. The summed E-state index contributed by atoms with van der Waals surface area (Å²) in [5.74, 6) is 0.907. The number of aliphatic hydroxyl groups excluding tert-OH is 2. The quantitative estimate of drug-likeness (QED) is 0.731. The maximum absolute atomic E-state index is 9.71. The molecule has 2 N–H and O–H groups in total. The Morgan fingerprint density at radius 3 is 2.83 bits per heavy atom. The molecule has 2 rings (SSSR count). The van der Waals surface area contributed by atoms with Gasteiger partial charge in [-0.25, -0.2) is 0 Å². The standard InChI is InChI=1S/C15H22O3/c16-9-3-1-2-4-10-18-13-6-7-14-12(11-13)5-8-15(14)17/h6-7,11,15-17H,1-5,8-10H2. The number of hydrogen-bond acceptors (Lipinski definition) is 3. The van der Waals surface area contributed by atoms with Crippen LogP contribution in [0.3, 0.4) is 0 Å². The molecule has 0 spiro atoms. The summed E-state index contributed by atoms with van der Waals surface area (Å²) < 4.78 is 5.70. The average molecular weight is 250 g/mol. The van der Waals surface area contributed by atoms with E-state index in [9.17, 15) is 5.11 Å². The molecule has 0 radical (unpaired) electrons. The normalized spacial score (nSPS) is 17.8. The van der Waals surface area contributed by atoms with E-state index >= 15 is 0 Å². The van der Waals surface area contributed by atoms with Gasteiger partial charge in [0.1, 0.15) is 5.75 Å². The van der Waals surface area contributed by atoms with Gasteiger partial charge in [-0.1, -0.05) is 12.5 Å². The Kier molecular flexibility index (Phi) is 5.02. The van der Waals surface area contributed by atoms with E-state index in [1.165, 1.54) is 5.56 Å².